The second kappa shape index (κ2) is 20.8. The molecule has 13 atom stereocenters. The summed E-state index contributed by atoms with van der Waals surface area (Å²) < 4.78 is 30.7. The summed E-state index contributed by atoms with van der Waals surface area (Å²) in [5.74, 6) is -9.40. The Morgan fingerprint density at radius 3 is 2.31 bits per heavy atom. The number of nitrogens with one attached hydrogen (secondary N) is 1. The zero-order valence-electron chi connectivity index (χ0n) is 41.3. The SMILES string of the molecule is COC1C=COC2(C)Oc3c(C)c(O)c4c(O)c(c(/C=N/N(C)c5ncnc6c5ncn6C5OC(CO)C(O)C5O)c(O)c4c3C2=O)NC(=O)C(C)=CC=CC(C)C(O)C(C)C(O)C(C)C(OC(C)=O)C1C. The van der Waals surface area contributed by atoms with E-state index < -0.39 is 131 Å². The Bertz CT molecular complexity index is 2880. The number of nitrogens with zero attached hydrogens (tertiary/aromatic N) is 6. The lowest BCUT2D eigenvalue weighted by atomic mass is 9.78. The molecule has 388 valence electrons. The predicted octanol–water partition coefficient (Wildman–Crippen LogP) is 2.98. The zero-order chi connectivity index (χ0) is 52.8. The zero-order valence-corrected chi connectivity index (χ0v) is 41.3. The third-order valence-electron chi connectivity index (χ3n) is 13.8. The minimum Gasteiger partial charge on any atom is -0.507 e. The number of methoxy groups -OCH3 is 1. The number of aliphatic hydroxyl groups excluding tert-OH is 5. The van der Waals surface area contributed by atoms with Crippen LogP contribution in [0.25, 0.3) is 21.9 Å². The number of fused-ring (bicyclic) bond motifs is 15. The van der Waals surface area contributed by atoms with Crippen LogP contribution in [0.2, 0.25) is 0 Å². The number of aliphatic hydroxyl groups is 5. The first-order valence-electron chi connectivity index (χ1n) is 23.1. The van der Waals surface area contributed by atoms with Crippen molar-refractivity contribution >= 4 is 57.3 Å². The van der Waals surface area contributed by atoms with Crippen LogP contribution in [0.1, 0.15) is 76.2 Å². The molecule has 72 heavy (non-hydrogen) atoms. The van der Waals surface area contributed by atoms with Gasteiger partial charge in [0.05, 0.1) is 65.9 Å². The number of esters is 1. The van der Waals surface area contributed by atoms with Crippen molar-refractivity contribution in [2.24, 2.45) is 28.8 Å². The number of ketones is 1. The van der Waals surface area contributed by atoms with Crippen LogP contribution in [0.4, 0.5) is 11.5 Å². The van der Waals surface area contributed by atoms with Crippen molar-refractivity contribution in [2.45, 2.75) is 110 Å². The van der Waals surface area contributed by atoms with Crippen LogP contribution in [-0.2, 0) is 28.5 Å². The molecule has 0 aliphatic carbocycles. The molecule has 9 N–H and O–H groups in total. The Labute approximate surface area is 413 Å². The molecule has 1 fully saturated rings. The average molecular weight is 1000 g/mol. The monoisotopic (exact) mass is 1000 g/mol. The summed E-state index contributed by atoms with van der Waals surface area (Å²) in [5, 5.41) is 97.5. The van der Waals surface area contributed by atoms with Gasteiger partial charge in [-0.15, -0.1) is 0 Å². The van der Waals surface area contributed by atoms with E-state index in [9.17, 15) is 55.2 Å². The molecule has 23 nitrogen and oxygen atoms in total. The van der Waals surface area contributed by atoms with Gasteiger partial charge in [-0.3, -0.25) is 19.0 Å². The molecule has 0 saturated carbocycles. The minimum atomic E-state index is -2.15. The maximum absolute atomic E-state index is 14.7. The number of carbonyl (C=O) groups is 3. The molecule has 23 heteroatoms. The number of ether oxygens (including phenoxy) is 5. The second-order valence-electron chi connectivity index (χ2n) is 18.6. The Hall–Kier alpha value is -6.73. The van der Waals surface area contributed by atoms with Crippen LogP contribution in [-0.4, -0.2) is 154 Å². The van der Waals surface area contributed by atoms with Crippen LogP contribution >= 0.6 is 0 Å². The number of rotatable bonds is 7. The fourth-order valence-corrected chi connectivity index (χ4v) is 9.44. The number of hydrazone groups is 1. The highest BCUT2D eigenvalue weighted by Crippen LogP contribution is 2.55. The summed E-state index contributed by atoms with van der Waals surface area (Å²) in [7, 11) is 2.86. The summed E-state index contributed by atoms with van der Waals surface area (Å²) in [6.07, 6.45) is 1.46. The van der Waals surface area contributed by atoms with Crippen LogP contribution in [0, 0.1) is 30.6 Å². The van der Waals surface area contributed by atoms with Crippen molar-refractivity contribution in [3.8, 4) is 23.0 Å². The molecule has 2 aromatic heterocycles. The Morgan fingerprint density at radius 1 is 0.944 bits per heavy atom. The lowest BCUT2D eigenvalue weighted by Gasteiger charge is -2.38. The van der Waals surface area contributed by atoms with Crippen LogP contribution in [0.5, 0.6) is 23.0 Å². The number of benzene rings is 2. The fraction of sp³-hybridized carbons (Fsp3) is 0.490. The lowest BCUT2D eigenvalue weighted by molar-refractivity contribution is -0.160. The molecule has 0 spiro atoms. The molecule has 8 rings (SSSR count). The van der Waals surface area contributed by atoms with E-state index in [-0.39, 0.29) is 50.4 Å². The number of amides is 1. The van der Waals surface area contributed by atoms with E-state index in [4.69, 9.17) is 23.7 Å². The van der Waals surface area contributed by atoms with Crippen LogP contribution < -0.4 is 15.1 Å². The predicted molar refractivity (Wildman–Crippen MR) is 258 cm³/mol. The quantitative estimate of drug-likeness (QED) is 0.0422. The lowest BCUT2D eigenvalue weighted by Crippen LogP contribution is -2.46. The van der Waals surface area contributed by atoms with E-state index in [1.165, 1.54) is 82.3 Å². The number of aromatic nitrogens is 4. The fourth-order valence-electron chi connectivity index (χ4n) is 9.44. The van der Waals surface area contributed by atoms with Gasteiger partial charge in [0.1, 0.15) is 48.0 Å². The van der Waals surface area contributed by atoms with Gasteiger partial charge in [-0.1, -0.05) is 45.9 Å². The maximum atomic E-state index is 14.7. The number of Topliss-reactive ketones (excluding diaryl/α,β-unsaturated/α-hetero) is 1. The van der Waals surface area contributed by atoms with Crippen molar-refractivity contribution in [3.63, 3.8) is 0 Å². The summed E-state index contributed by atoms with van der Waals surface area (Å²) in [6, 6.07) is 0. The largest absolute Gasteiger partial charge is 0.507 e. The molecule has 1 saturated heterocycles. The van der Waals surface area contributed by atoms with Gasteiger partial charge in [0.15, 0.2) is 29.0 Å². The minimum absolute atomic E-state index is 0.0307. The van der Waals surface area contributed by atoms with Gasteiger partial charge in [0.2, 0.25) is 0 Å². The van der Waals surface area contributed by atoms with Gasteiger partial charge in [-0.05, 0) is 19.9 Å². The number of carbonyl (C=O) groups excluding carboxylic acids is 3. The molecule has 13 unspecified atom stereocenters. The van der Waals surface area contributed by atoms with Gasteiger partial charge >= 0.3 is 11.8 Å². The molecule has 4 aliphatic rings. The first-order valence-corrected chi connectivity index (χ1v) is 23.1. The normalized spacial score (nSPS) is 30.5. The Balaban J connectivity index is 1.37. The van der Waals surface area contributed by atoms with E-state index in [1.54, 1.807) is 33.8 Å². The highest BCUT2D eigenvalue weighted by Gasteiger charge is 2.50. The Morgan fingerprint density at radius 2 is 1.65 bits per heavy atom. The first kappa shape index (κ1) is 53.1. The number of hydrogen-bond acceptors (Lipinski definition) is 21. The van der Waals surface area contributed by atoms with Crippen molar-refractivity contribution in [3.05, 3.63) is 65.5 Å². The average Bonchev–Trinajstić information content (AvgIpc) is 3.99. The number of imidazole rings is 1. The molecular formula is C49H61N7O16. The number of phenols is 3. The third-order valence-corrected chi connectivity index (χ3v) is 13.8. The summed E-state index contributed by atoms with van der Waals surface area (Å²) in [4.78, 5) is 54.1. The van der Waals surface area contributed by atoms with Crippen molar-refractivity contribution < 1.29 is 78.9 Å². The smallest absolute Gasteiger partial charge is 0.312 e. The molecule has 0 radical (unpaired) electrons. The summed E-state index contributed by atoms with van der Waals surface area (Å²) in [6.45, 7) is 11.6. The molecule has 5 bridgehead atoms. The molecule has 4 aliphatic heterocycles. The first-order chi connectivity index (χ1) is 34.0. The van der Waals surface area contributed by atoms with Gasteiger partial charge < -0.3 is 69.9 Å². The van der Waals surface area contributed by atoms with Gasteiger partial charge in [0.25, 0.3) is 11.7 Å². The number of hydrogen-bond donors (Lipinski definition) is 9. The topological polar surface area (TPSA) is 330 Å². The number of anilines is 2. The van der Waals surface area contributed by atoms with E-state index in [0.29, 0.717) is 0 Å². The van der Waals surface area contributed by atoms with E-state index in [1.807, 2.05) is 0 Å². The van der Waals surface area contributed by atoms with E-state index >= 15 is 0 Å². The molecule has 1 amide bonds. The highest BCUT2D eigenvalue weighted by atomic mass is 16.7. The van der Waals surface area contributed by atoms with Crippen LogP contribution in [0.15, 0.2) is 53.9 Å². The van der Waals surface area contributed by atoms with Crippen LogP contribution in [0.3, 0.4) is 0 Å². The molecule has 4 aromatic rings. The number of aromatic hydroxyl groups is 3. The van der Waals surface area contributed by atoms with Gasteiger partial charge in [0, 0.05) is 68.2 Å². The highest BCUT2D eigenvalue weighted by molar-refractivity contribution is 6.24. The second-order valence-corrected chi connectivity index (χ2v) is 18.6. The number of phenolic OH excluding ortho intramolecular Hbond substituents is 3. The van der Waals surface area contributed by atoms with E-state index in [2.05, 4.69) is 25.4 Å². The maximum Gasteiger partial charge on any atom is 0.312 e. The summed E-state index contributed by atoms with van der Waals surface area (Å²) >= 11 is 0. The summed E-state index contributed by atoms with van der Waals surface area (Å²) in [5.41, 5.74) is -0.784. The third kappa shape index (κ3) is 9.43. The van der Waals surface area contributed by atoms with Crippen molar-refractivity contribution in [1.29, 1.82) is 0 Å². The van der Waals surface area contributed by atoms with E-state index in [0.717, 1.165) is 12.5 Å². The van der Waals surface area contributed by atoms with Crippen molar-refractivity contribution in [1.82, 2.24) is 19.5 Å². The van der Waals surface area contributed by atoms with Gasteiger partial charge in [-0.2, -0.15) is 5.10 Å². The molecule has 6 heterocycles. The number of allylic oxidation sites excluding steroid dienone is 2. The Kier molecular flexibility index (Phi) is 15.3. The molecule has 2 aromatic carbocycles. The van der Waals surface area contributed by atoms with Crippen molar-refractivity contribution in [2.75, 3.05) is 31.1 Å². The van der Waals surface area contributed by atoms with Gasteiger partial charge in [-0.25, -0.2) is 20.0 Å². The molecular weight excluding hydrogens is 943 g/mol. The standard InChI is InChI=1S/C49H61N7O16/c1-20-12-11-13-21(2)47(67)54-33-27(16-53-55(9)45-34-46(51-18-50-45)56(19-52-34)48-41(65)39(63)29(17-57)71-48)38(62)30-31(40(33)64)37(61)25(6)43-32(30)44(66)49(8,72-43)69-15-14-28(68-10)22(3)42(70-26(7)58)24(5)36(60)23(4)35(20)59/h11-16,18-20,22-24,28-29,35-36,39,41-42,48,57,59-65H,17H2,1-10H3,(H,54,67)/b12-11?,15-14?,21-13?,53-16+.